The van der Waals surface area contributed by atoms with Crippen molar-refractivity contribution < 1.29 is 34.8 Å². The van der Waals surface area contributed by atoms with Gasteiger partial charge < -0.3 is 26.2 Å². The number of carbonyl (C=O) groups excluding carboxylic acids is 3. The minimum atomic E-state index is -2.61. The van der Waals surface area contributed by atoms with Crippen molar-refractivity contribution in [3.63, 3.8) is 0 Å². The third-order valence-corrected chi connectivity index (χ3v) is 6.84. The molecule has 4 atom stereocenters. The molecule has 3 unspecified atom stereocenters. The zero-order chi connectivity index (χ0) is 23.0. The fourth-order valence-electron chi connectivity index (χ4n) is 5.41. The molecule has 1 amide bonds. The summed E-state index contributed by atoms with van der Waals surface area (Å²) in [4.78, 5) is 39.8. The Morgan fingerprint density at radius 2 is 1.84 bits per heavy atom. The van der Waals surface area contributed by atoms with Crippen LogP contribution in [-0.4, -0.2) is 68.5 Å². The lowest BCUT2D eigenvalue weighted by Crippen LogP contribution is -2.63. The van der Waals surface area contributed by atoms with Gasteiger partial charge in [-0.25, -0.2) is 0 Å². The average Bonchev–Trinajstić information content (AvgIpc) is 2.67. The largest absolute Gasteiger partial charge is 0.510 e. The quantitative estimate of drug-likeness (QED) is 0.424. The molecule has 164 valence electrons. The average molecular weight is 428 g/mol. The van der Waals surface area contributed by atoms with Crippen molar-refractivity contribution in [2.75, 3.05) is 14.1 Å². The number of aliphatic hydroxyl groups is 3. The van der Waals surface area contributed by atoms with Gasteiger partial charge in [-0.15, -0.1) is 0 Å². The van der Waals surface area contributed by atoms with Crippen LogP contribution in [0.15, 0.2) is 34.8 Å². The highest BCUT2D eigenvalue weighted by atomic mass is 16.3. The van der Waals surface area contributed by atoms with Crippen LogP contribution in [0.25, 0.3) is 0 Å². The topological polar surface area (TPSA) is 161 Å². The number of fused-ring (bicyclic) bond motifs is 3. The SMILES string of the molecule is Cc1ccc(O)c2c1CC1CC3C(N(C)C)C(O)=C(C(N)=O)C(=O)[C@@]3(O)C(O)=C1C2=O. The minimum absolute atomic E-state index is 0.0285. The Morgan fingerprint density at radius 1 is 1.19 bits per heavy atom. The van der Waals surface area contributed by atoms with Crippen molar-refractivity contribution >= 4 is 17.5 Å². The van der Waals surface area contributed by atoms with Gasteiger partial charge in [0, 0.05) is 11.5 Å². The third kappa shape index (κ3) is 2.60. The van der Waals surface area contributed by atoms with Gasteiger partial charge in [0.1, 0.15) is 22.8 Å². The van der Waals surface area contributed by atoms with Gasteiger partial charge in [0.2, 0.25) is 5.78 Å². The van der Waals surface area contributed by atoms with Crippen molar-refractivity contribution in [1.29, 1.82) is 0 Å². The zero-order valence-corrected chi connectivity index (χ0v) is 17.3. The van der Waals surface area contributed by atoms with E-state index >= 15 is 0 Å². The first-order chi connectivity index (χ1) is 14.4. The van der Waals surface area contributed by atoms with Gasteiger partial charge in [-0.3, -0.25) is 19.3 Å². The van der Waals surface area contributed by atoms with Crippen molar-refractivity contribution in [1.82, 2.24) is 4.90 Å². The van der Waals surface area contributed by atoms with Crippen LogP contribution >= 0.6 is 0 Å². The van der Waals surface area contributed by atoms with Crippen LogP contribution in [0.2, 0.25) is 0 Å². The number of primary amides is 1. The Balaban J connectivity index is 1.98. The van der Waals surface area contributed by atoms with E-state index in [1.54, 1.807) is 27.1 Å². The standard InChI is InChI=1S/C22H24N2O7/c1-8-4-5-12(25)14-10(8)6-9-7-11-16(24(2)3)18(27)15(21(23)30)20(29)22(11,31)19(28)13(9)17(14)26/h4-5,9,11,16,25,27-28,31H,6-7H2,1-3H3,(H2,23,30)/t9?,11?,16?,22-/m0/s1. The molecule has 9 nitrogen and oxygen atoms in total. The van der Waals surface area contributed by atoms with E-state index in [0.717, 1.165) is 5.56 Å². The second-order valence-electron chi connectivity index (χ2n) is 8.72. The molecule has 3 aliphatic carbocycles. The van der Waals surface area contributed by atoms with Crippen LogP contribution in [-0.2, 0) is 16.0 Å². The summed E-state index contributed by atoms with van der Waals surface area (Å²) >= 11 is 0. The normalized spacial score (nSPS) is 30.3. The van der Waals surface area contributed by atoms with Crippen molar-refractivity contribution in [2.24, 2.45) is 17.6 Å². The van der Waals surface area contributed by atoms with E-state index in [1.807, 2.05) is 0 Å². The predicted octanol–water partition coefficient (Wildman–Crippen LogP) is 0.429. The molecule has 0 bridgehead atoms. The van der Waals surface area contributed by atoms with Crippen molar-refractivity contribution in [3.05, 3.63) is 51.5 Å². The maximum Gasteiger partial charge on any atom is 0.255 e. The molecule has 0 heterocycles. The number of aromatic hydroxyl groups is 1. The summed E-state index contributed by atoms with van der Waals surface area (Å²) in [5, 5.41) is 43.5. The number of ketones is 2. The summed E-state index contributed by atoms with van der Waals surface area (Å²) in [6.07, 6.45) is 0.385. The first-order valence-corrected chi connectivity index (χ1v) is 9.89. The number of Topliss-reactive ketones (excluding diaryl/α,β-unsaturated/α-hetero) is 2. The van der Waals surface area contributed by atoms with Gasteiger partial charge in [-0.1, -0.05) is 6.07 Å². The summed E-state index contributed by atoms with van der Waals surface area (Å²) < 4.78 is 0. The fourth-order valence-corrected chi connectivity index (χ4v) is 5.41. The Bertz CT molecular complexity index is 1120. The van der Waals surface area contributed by atoms with Crippen LogP contribution in [0.3, 0.4) is 0 Å². The molecule has 1 aromatic carbocycles. The Kier molecular flexibility index (Phi) is 4.53. The number of aliphatic hydroxyl groups excluding tert-OH is 2. The molecule has 4 rings (SSSR count). The van der Waals surface area contributed by atoms with E-state index in [-0.39, 0.29) is 23.3 Å². The lowest BCUT2D eigenvalue weighted by atomic mass is 9.58. The number of likely N-dealkylation sites (N-methyl/N-ethyl adjacent to an activating group) is 1. The third-order valence-electron chi connectivity index (χ3n) is 6.84. The molecule has 31 heavy (non-hydrogen) atoms. The van der Waals surface area contributed by atoms with E-state index in [1.165, 1.54) is 11.0 Å². The molecule has 0 aliphatic heterocycles. The number of amides is 1. The molecule has 9 heteroatoms. The maximum absolute atomic E-state index is 13.3. The number of allylic oxidation sites excluding steroid dienone is 1. The second kappa shape index (κ2) is 6.66. The highest BCUT2D eigenvalue weighted by Gasteiger charge is 2.63. The van der Waals surface area contributed by atoms with Crippen LogP contribution < -0.4 is 5.73 Å². The van der Waals surface area contributed by atoms with Gasteiger partial charge in [0.15, 0.2) is 11.4 Å². The van der Waals surface area contributed by atoms with Gasteiger partial charge in [0.25, 0.3) is 5.91 Å². The highest BCUT2D eigenvalue weighted by molar-refractivity contribution is 6.24. The number of hydrogen-bond donors (Lipinski definition) is 5. The number of benzene rings is 1. The number of nitrogens with zero attached hydrogens (tertiary/aromatic N) is 1. The van der Waals surface area contributed by atoms with Crippen molar-refractivity contribution in [3.8, 4) is 5.75 Å². The Hall–Kier alpha value is -3.17. The molecule has 0 saturated carbocycles. The minimum Gasteiger partial charge on any atom is -0.510 e. The van der Waals surface area contributed by atoms with Crippen LogP contribution in [0, 0.1) is 18.8 Å². The summed E-state index contributed by atoms with van der Waals surface area (Å²) in [6.45, 7) is 1.81. The number of carbonyl (C=O) groups is 3. The van der Waals surface area contributed by atoms with Gasteiger partial charge in [0.05, 0.1) is 11.6 Å². The Labute approximate surface area is 178 Å². The van der Waals surface area contributed by atoms with E-state index < -0.39 is 58.0 Å². The Morgan fingerprint density at radius 3 is 2.42 bits per heavy atom. The van der Waals surface area contributed by atoms with E-state index in [2.05, 4.69) is 0 Å². The maximum atomic E-state index is 13.3. The number of hydrogen-bond acceptors (Lipinski definition) is 8. The molecule has 0 saturated heterocycles. The predicted molar refractivity (Wildman–Crippen MR) is 108 cm³/mol. The van der Waals surface area contributed by atoms with E-state index in [0.29, 0.717) is 12.0 Å². The second-order valence-corrected chi connectivity index (χ2v) is 8.72. The van der Waals surface area contributed by atoms with E-state index in [9.17, 15) is 34.8 Å². The number of phenolic OH excluding ortho intramolecular Hbond substituents is 1. The lowest BCUT2D eigenvalue weighted by Gasteiger charge is -2.50. The van der Waals surface area contributed by atoms with E-state index in [4.69, 9.17) is 5.73 Å². The van der Waals surface area contributed by atoms with Crippen LogP contribution in [0.4, 0.5) is 0 Å². The summed E-state index contributed by atoms with van der Waals surface area (Å²) in [5.74, 6) is -6.41. The van der Waals surface area contributed by atoms with Gasteiger partial charge in [-0.05, 0) is 57.0 Å². The monoisotopic (exact) mass is 428 g/mol. The van der Waals surface area contributed by atoms with Gasteiger partial charge >= 0.3 is 0 Å². The van der Waals surface area contributed by atoms with Crippen molar-refractivity contribution in [2.45, 2.75) is 31.4 Å². The first kappa shape index (κ1) is 21.1. The van der Waals surface area contributed by atoms with Gasteiger partial charge in [-0.2, -0.15) is 0 Å². The smallest absolute Gasteiger partial charge is 0.255 e. The summed E-state index contributed by atoms with van der Waals surface area (Å²) in [6, 6.07) is 2.08. The summed E-state index contributed by atoms with van der Waals surface area (Å²) in [7, 11) is 3.19. The number of nitrogens with two attached hydrogens (primary N) is 1. The molecule has 0 fully saturated rings. The number of aryl methyl sites for hydroxylation is 1. The summed E-state index contributed by atoms with van der Waals surface area (Å²) in [5.41, 5.74) is 3.18. The molecule has 3 aliphatic rings. The number of phenols is 1. The molecular formula is C22H24N2O7. The fraction of sp³-hybridized carbons (Fsp3) is 0.409. The molecule has 0 radical (unpaired) electrons. The van der Waals surface area contributed by atoms with Crippen LogP contribution in [0.5, 0.6) is 5.75 Å². The number of rotatable bonds is 2. The molecular weight excluding hydrogens is 404 g/mol. The molecule has 0 spiro atoms. The molecule has 6 N–H and O–H groups in total. The molecule has 1 aromatic rings. The lowest BCUT2D eigenvalue weighted by molar-refractivity contribution is -0.148. The van der Waals surface area contributed by atoms with Crippen LogP contribution in [0.1, 0.15) is 27.9 Å². The first-order valence-electron chi connectivity index (χ1n) is 9.89. The highest BCUT2D eigenvalue weighted by Crippen LogP contribution is 2.52. The molecule has 0 aromatic heterocycles. The zero-order valence-electron chi connectivity index (χ0n) is 17.3.